The number of hydrogen-bond donors (Lipinski definition) is 1. The van der Waals surface area contributed by atoms with Crippen LogP contribution < -0.4 is 0 Å². The van der Waals surface area contributed by atoms with Crippen molar-refractivity contribution >= 4 is 5.71 Å². The highest BCUT2D eigenvalue weighted by atomic mass is 16.5. The van der Waals surface area contributed by atoms with Crippen LogP contribution in [0.5, 0.6) is 0 Å². The van der Waals surface area contributed by atoms with Gasteiger partial charge in [0.15, 0.2) is 0 Å². The van der Waals surface area contributed by atoms with Gasteiger partial charge in [0, 0.05) is 45.7 Å². The minimum atomic E-state index is 0.872. The van der Waals surface area contributed by atoms with Crippen LogP contribution in [0, 0.1) is 0 Å². The van der Waals surface area contributed by atoms with Gasteiger partial charge < -0.3 is 14.8 Å². The summed E-state index contributed by atoms with van der Waals surface area (Å²) in [6.07, 6.45) is 5.30. The molecular weight excluding hydrogens is 204 g/mol. The Hall–Kier alpha value is -0.610. The first-order valence-electron chi connectivity index (χ1n) is 6.36. The first-order chi connectivity index (χ1) is 7.86. The molecule has 1 fully saturated rings. The lowest BCUT2D eigenvalue weighted by Gasteiger charge is -2.26. The van der Waals surface area contributed by atoms with Crippen LogP contribution >= 0.6 is 0 Å². The minimum Gasteiger partial charge on any atom is -0.411 e. The molecule has 0 radical (unpaired) electrons. The van der Waals surface area contributed by atoms with Gasteiger partial charge in [-0.3, -0.25) is 0 Å². The monoisotopic (exact) mass is 228 g/mol. The summed E-state index contributed by atoms with van der Waals surface area (Å²) in [5.74, 6) is 0. The largest absolute Gasteiger partial charge is 0.411 e. The molecule has 0 aromatic heterocycles. The van der Waals surface area contributed by atoms with Crippen molar-refractivity contribution in [1.82, 2.24) is 4.90 Å². The molecule has 0 atom stereocenters. The molecule has 1 aliphatic rings. The Balaban J connectivity index is 1.94. The zero-order chi connectivity index (χ0) is 11.6. The second kappa shape index (κ2) is 8.53. The Morgan fingerprint density at radius 3 is 2.56 bits per heavy atom. The third kappa shape index (κ3) is 5.47. The van der Waals surface area contributed by atoms with Gasteiger partial charge in [-0.2, -0.15) is 0 Å². The van der Waals surface area contributed by atoms with Crippen LogP contribution in [0.15, 0.2) is 5.16 Å². The van der Waals surface area contributed by atoms with Gasteiger partial charge in [0.05, 0.1) is 5.71 Å². The third-order valence-corrected chi connectivity index (χ3v) is 2.98. The lowest BCUT2D eigenvalue weighted by Crippen LogP contribution is -2.35. The molecule has 94 valence electrons. The summed E-state index contributed by atoms with van der Waals surface area (Å²) >= 11 is 0. The highest BCUT2D eigenvalue weighted by Crippen LogP contribution is 2.07. The number of nitrogens with zero attached hydrogens (tertiary/aromatic N) is 2. The van der Waals surface area contributed by atoms with Crippen molar-refractivity contribution in [2.75, 3.05) is 32.8 Å². The van der Waals surface area contributed by atoms with Crippen LogP contribution in [0.4, 0.5) is 0 Å². The summed E-state index contributed by atoms with van der Waals surface area (Å²) < 4.78 is 5.52. The van der Waals surface area contributed by atoms with E-state index in [0.717, 1.165) is 57.8 Å². The average Bonchev–Trinajstić information content (AvgIpc) is 2.34. The van der Waals surface area contributed by atoms with E-state index < -0.39 is 0 Å². The summed E-state index contributed by atoms with van der Waals surface area (Å²) in [5, 5.41) is 11.9. The van der Waals surface area contributed by atoms with Gasteiger partial charge >= 0.3 is 0 Å². The molecule has 4 heteroatoms. The second-order valence-corrected chi connectivity index (χ2v) is 4.33. The summed E-state index contributed by atoms with van der Waals surface area (Å²) in [7, 11) is 0. The van der Waals surface area contributed by atoms with Gasteiger partial charge in [-0.05, 0) is 12.8 Å². The van der Waals surface area contributed by atoms with Crippen molar-refractivity contribution in [2.24, 2.45) is 5.16 Å². The van der Waals surface area contributed by atoms with Crippen LogP contribution in [0.3, 0.4) is 0 Å². The van der Waals surface area contributed by atoms with E-state index >= 15 is 0 Å². The highest BCUT2D eigenvalue weighted by Gasteiger charge is 2.14. The van der Waals surface area contributed by atoms with Crippen LogP contribution in [0.25, 0.3) is 0 Å². The smallest absolute Gasteiger partial charge is 0.0596 e. The van der Waals surface area contributed by atoms with Crippen LogP contribution in [0.1, 0.15) is 39.0 Å². The van der Waals surface area contributed by atoms with E-state index in [1.807, 2.05) is 0 Å². The fourth-order valence-corrected chi connectivity index (χ4v) is 1.87. The topological polar surface area (TPSA) is 45.1 Å². The van der Waals surface area contributed by atoms with E-state index in [1.54, 1.807) is 0 Å². The maximum absolute atomic E-state index is 8.62. The molecule has 1 aliphatic heterocycles. The van der Waals surface area contributed by atoms with E-state index in [-0.39, 0.29) is 0 Å². The van der Waals surface area contributed by atoms with Crippen LogP contribution in [0.2, 0.25) is 0 Å². The zero-order valence-corrected chi connectivity index (χ0v) is 10.3. The molecule has 0 bridgehead atoms. The fourth-order valence-electron chi connectivity index (χ4n) is 1.87. The first kappa shape index (κ1) is 13.5. The molecule has 0 aromatic rings. The average molecular weight is 228 g/mol. The highest BCUT2D eigenvalue weighted by molar-refractivity contribution is 5.84. The van der Waals surface area contributed by atoms with E-state index in [9.17, 15) is 0 Å². The van der Waals surface area contributed by atoms with E-state index in [0.29, 0.717) is 0 Å². The predicted octanol–water partition coefficient (Wildman–Crippen LogP) is 2.12. The quantitative estimate of drug-likeness (QED) is 0.412. The molecule has 1 saturated heterocycles. The van der Waals surface area contributed by atoms with Crippen molar-refractivity contribution in [2.45, 2.75) is 39.0 Å². The van der Waals surface area contributed by atoms with E-state index in [4.69, 9.17) is 9.94 Å². The Kier molecular flexibility index (Phi) is 7.17. The van der Waals surface area contributed by atoms with Crippen LogP contribution in [-0.2, 0) is 4.74 Å². The van der Waals surface area contributed by atoms with Crippen molar-refractivity contribution in [3.8, 4) is 0 Å². The van der Waals surface area contributed by atoms with Crippen molar-refractivity contribution in [3.63, 3.8) is 0 Å². The maximum atomic E-state index is 8.62. The zero-order valence-electron chi connectivity index (χ0n) is 10.3. The van der Waals surface area contributed by atoms with Gasteiger partial charge in [0.25, 0.3) is 0 Å². The van der Waals surface area contributed by atoms with Crippen molar-refractivity contribution < 1.29 is 9.94 Å². The predicted molar refractivity (Wildman–Crippen MR) is 65.2 cm³/mol. The number of hydrogen-bond acceptors (Lipinski definition) is 4. The standard InChI is InChI=1S/C12H24N2O2/c1-2-3-10-16-11-4-7-14-8-5-12(13-15)6-9-14/h15H,2-11H2,1H3. The summed E-state index contributed by atoms with van der Waals surface area (Å²) in [4.78, 5) is 2.41. The second-order valence-electron chi connectivity index (χ2n) is 4.33. The molecule has 1 N–H and O–H groups in total. The van der Waals surface area contributed by atoms with Gasteiger partial charge in [0.2, 0.25) is 0 Å². The Bertz CT molecular complexity index is 197. The summed E-state index contributed by atoms with van der Waals surface area (Å²) in [6.45, 7) is 7.10. The lowest BCUT2D eigenvalue weighted by molar-refractivity contribution is 0.117. The summed E-state index contributed by atoms with van der Waals surface area (Å²) in [6, 6.07) is 0. The van der Waals surface area contributed by atoms with Crippen molar-refractivity contribution in [3.05, 3.63) is 0 Å². The van der Waals surface area contributed by atoms with Crippen molar-refractivity contribution in [1.29, 1.82) is 0 Å². The molecule has 0 unspecified atom stereocenters. The molecule has 4 nitrogen and oxygen atoms in total. The number of rotatable bonds is 7. The fraction of sp³-hybridized carbons (Fsp3) is 0.917. The third-order valence-electron chi connectivity index (χ3n) is 2.98. The Morgan fingerprint density at radius 2 is 1.94 bits per heavy atom. The number of ether oxygens (including phenoxy) is 1. The molecule has 0 spiro atoms. The lowest BCUT2D eigenvalue weighted by atomic mass is 10.1. The Morgan fingerprint density at radius 1 is 1.25 bits per heavy atom. The normalized spacial score (nSPS) is 17.7. The molecule has 0 saturated carbocycles. The molecule has 0 amide bonds. The number of likely N-dealkylation sites (tertiary alicyclic amines) is 1. The SMILES string of the molecule is CCCCOCCCN1CCC(=NO)CC1. The Labute approximate surface area is 98.3 Å². The minimum absolute atomic E-state index is 0.872. The number of piperidine rings is 1. The van der Waals surface area contributed by atoms with E-state index in [2.05, 4.69) is 17.0 Å². The molecular formula is C12H24N2O2. The van der Waals surface area contributed by atoms with Gasteiger partial charge in [-0.1, -0.05) is 18.5 Å². The van der Waals surface area contributed by atoms with Gasteiger partial charge in [-0.15, -0.1) is 0 Å². The number of unbranched alkanes of at least 4 members (excludes halogenated alkanes) is 1. The number of oxime groups is 1. The van der Waals surface area contributed by atoms with Gasteiger partial charge in [0.1, 0.15) is 0 Å². The summed E-state index contributed by atoms with van der Waals surface area (Å²) in [5.41, 5.74) is 0.940. The molecule has 16 heavy (non-hydrogen) atoms. The van der Waals surface area contributed by atoms with Gasteiger partial charge in [-0.25, -0.2) is 0 Å². The molecule has 0 aliphatic carbocycles. The maximum Gasteiger partial charge on any atom is 0.0596 e. The molecule has 1 heterocycles. The van der Waals surface area contributed by atoms with E-state index in [1.165, 1.54) is 12.8 Å². The molecule has 0 aromatic carbocycles. The molecule has 1 rings (SSSR count). The first-order valence-corrected chi connectivity index (χ1v) is 6.36. The van der Waals surface area contributed by atoms with Crippen LogP contribution in [-0.4, -0.2) is 48.7 Å².